The van der Waals surface area contributed by atoms with Gasteiger partial charge in [0.05, 0.1) is 7.11 Å². The quantitative estimate of drug-likeness (QED) is 0.467. The lowest BCUT2D eigenvalue weighted by Crippen LogP contribution is -2.45. The van der Waals surface area contributed by atoms with Gasteiger partial charge in [-0.1, -0.05) is 39.0 Å². The second-order valence-corrected chi connectivity index (χ2v) is 11.9. The summed E-state index contributed by atoms with van der Waals surface area (Å²) >= 11 is 0. The SMILES string of the molecule is COc1ccccc1[C@H](O)[C@@H](CO[Si](C)(C)C(C)(C)C)[N+](=O)[O-]. The van der Waals surface area contributed by atoms with Crippen molar-refractivity contribution in [3.8, 4) is 5.75 Å². The number of benzene rings is 1. The molecule has 0 bridgehead atoms. The van der Waals surface area contributed by atoms with Crippen LogP contribution in [0.1, 0.15) is 32.4 Å². The largest absolute Gasteiger partial charge is 0.496 e. The first-order valence-electron chi connectivity index (χ1n) is 7.59. The molecule has 6 nitrogen and oxygen atoms in total. The van der Waals surface area contributed by atoms with Crippen molar-refractivity contribution >= 4 is 8.32 Å². The Hall–Kier alpha value is -1.44. The predicted molar refractivity (Wildman–Crippen MR) is 91.9 cm³/mol. The highest BCUT2D eigenvalue weighted by molar-refractivity contribution is 6.74. The van der Waals surface area contributed by atoms with Gasteiger partial charge < -0.3 is 14.3 Å². The molecular formula is C16H27NO5Si. The van der Waals surface area contributed by atoms with Gasteiger partial charge in [0.15, 0.2) is 14.4 Å². The number of para-hydroxylation sites is 1. The molecule has 0 spiro atoms. The van der Waals surface area contributed by atoms with E-state index in [9.17, 15) is 15.2 Å². The molecule has 23 heavy (non-hydrogen) atoms. The van der Waals surface area contributed by atoms with E-state index in [0.29, 0.717) is 11.3 Å². The van der Waals surface area contributed by atoms with Crippen molar-refractivity contribution in [2.24, 2.45) is 0 Å². The maximum absolute atomic E-state index is 11.4. The third-order valence-corrected chi connectivity index (χ3v) is 9.01. The maximum atomic E-state index is 11.4. The van der Waals surface area contributed by atoms with Gasteiger partial charge in [0.25, 0.3) is 6.04 Å². The van der Waals surface area contributed by atoms with E-state index < -0.39 is 25.4 Å². The van der Waals surface area contributed by atoms with E-state index in [4.69, 9.17) is 9.16 Å². The van der Waals surface area contributed by atoms with Crippen LogP contribution in [0.5, 0.6) is 5.75 Å². The molecule has 0 saturated heterocycles. The van der Waals surface area contributed by atoms with Crippen LogP contribution in [0.4, 0.5) is 0 Å². The van der Waals surface area contributed by atoms with Gasteiger partial charge in [0, 0.05) is 10.5 Å². The number of ether oxygens (including phenoxy) is 1. The number of hydrogen-bond acceptors (Lipinski definition) is 5. The fraction of sp³-hybridized carbons (Fsp3) is 0.625. The first-order valence-corrected chi connectivity index (χ1v) is 10.5. The van der Waals surface area contributed by atoms with Crippen LogP contribution in [-0.2, 0) is 4.43 Å². The molecule has 7 heteroatoms. The molecule has 0 fully saturated rings. The summed E-state index contributed by atoms with van der Waals surface area (Å²) in [5.41, 5.74) is 0.399. The van der Waals surface area contributed by atoms with E-state index in [1.165, 1.54) is 7.11 Å². The Labute approximate surface area is 138 Å². The number of methoxy groups -OCH3 is 1. The minimum absolute atomic E-state index is 0.0520. The van der Waals surface area contributed by atoms with E-state index in [0.717, 1.165) is 0 Å². The van der Waals surface area contributed by atoms with E-state index in [2.05, 4.69) is 20.8 Å². The fourth-order valence-corrected chi connectivity index (χ4v) is 2.92. The molecule has 0 amide bonds. The van der Waals surface area contributed by atoms with Gasteiger partial charge in [0.2, 0.25) is 0 Å². The summed E-state index contributed by atoms with van der Waals surface area (Å²) in [6, 6.07) is 5.53. The fourth-order valence-electron chi connectivity index (χ4n) is 1.90. The van der Waals surface area contributed by atoms with Gasteiger partial charge in [-0.2, -0.15) is 0 Å². The second kappa shape index (κ2) is 7.42. The smallest absolute Gasteiger partial charge is 0.264 e. The van der Waals surface area contributed by atoms with Gasteiger partial charge >= 0.3 is 0 Å². The number of aliphatic hydroxyl groups excluding tert-OH is 1. The van der Waals surface area contributed by atoms with Crippen LogP contribution in [0.25, 0.3) is 0 Å². The van der Waals surface area contributed by atoms with Crippen molar-refractivity contribution in [2.45, 2.75) is 51.0 Å². The summed E-state index contributed by atoms with van der Waals surface area (Å²) in [6.45, 7) is 10.1. The van der Waals surface area contributed by atoms with Gasteiger partial charge in [-0.05, 0) is 24.2 Å². The Bertz CT molecular complexity index is 542. The molecule has 0 heterocycles. The highest BCUT2D eigenvalue weighted by Crippen LogP contribution is 2.37. The predicted octanol–water partition coefficient (Wildman–Crippen LogP) is 3.40. The highest BCUT2D eigenvalue weighted by atomic mass is 28.4. The number of nitrogens with zero attached hydrogens (tertiary/aromatic N) is 1. The molecule has 0 aliphatic rings. The van der Waals surface area contributed by atoms with Crippen molar-refractivity contribution in [2.75, 3.05) is 13.7 Å². The monoisotopic (exact) mass is 341 g/mol. The van der Waals surface area contributed by atoms with E-state index >= 15 is 0 Å². The molecule has 1 aromatic carbocycles. The molecule has 0 radical (unpaired) electrons. The highest BCUT2D eigenvalue weighted by Gasteiger charge is 2.41. The van der Waals surface area contributed by atoms with Gasteiger partial charge in [-0.25, -0.2) is 0 Å². The van der Waals surface area contributed by atoms with Crippen LogP contribution in [0.15, 0.2) is 24.3 Å². The zero-order valence-corrected chi connectivity index (χ0v) is 15.7. The van der Waals surface area contributed by atoms with Crippen molar-refractivity contribution in [1.82, 2.24) is 0 Å². The van der Waals surface area contributed by atoms with E-state index in [1.54, 1.807) is 24.3 Å². The standard InChI is InChI=1S/C16H27NO5Si/c1-16(2,3)23(5,6)22-11-13(17(19)20)15(18)12-9-7-8-10-14(12)21-4/h7-10,13,15,18H,11H2,1-6H3/t13-,15+/m1/s1. The Morgan fingerprint density at radius 3 is 2.35 bits per heavy atom. The minimum Gasteiger partial charge on any atom is -0.496 e. The van der Waals surface area contributed by atoms with Gasteiger partial charge in [0.1, 0.15) is 12.4 Å². The van der Waals surface area contributed by atoms with Gasteiger partial charge in [-0.15, -0.1) is 0 Å². The van der Waals surface area contributed by atoms with Crippen LogP contribution in [0.2, 0.25) is 18.1 Å². The summed E-state index contributed by atoms with van der Waals surface area (Å²) < 4.78 is 11.1. The normalized spacial score (nSPS) is 15.1. The molecule has 1 aromatic rings. The summed E-state index contributed by atoms with van der Waals surface area (Å²) in [5.74, 6) is 0.430. The molecule has 0 aromatic heterocycles. The molecular weight excluding hydrogens is 314 g/mol. The number of rotatable bonds is 7. The van der Waals surface area contributed by atoms with Crippen LogP contribution in [-0.4, -0.2) is 38.1 Å². The lowest BCUT2D eigenvalue weighted by molar-refractivity contribution is -0.538. The van der Waals surface area contributed by atoms with Crippen molar-refractivity contribution in [3.05, 3.63) is 39.9 Å². The maximum Gasteiger partial charge on any atom is 0.264 e. The Morgan fingerprint density at radius 2 is 1.87 bits per heavy atom. The topological polar surface area (TPSA) is 81.8 Å². The molecule has 0 unspecified atom stereocenters. The first-order chi connectivity index (χ1) is 10.5. The average Bonchev–Trinajstić information content (AvgIpc) is 2.45. The number of aliphatic hydroxyl groups is 1. The number of nitro groups is 1. The average molecular weight is 341 g/mol. The molecule has 0 aliphatic carbocycles. The Morgan fingerprint density at radius 1 is 1.30 bits per heavy atom. The third kappa shape index (κ3) is 4.76. The van der Waals surface area contributed by atoms with Crippen LogP contribution < -0.4 is 4.74 Å². The third-order valence-electron chi connectivity index (χ3n) is 4.51. The van der Waals surface area contributed by atoms with E-state index in [-0.39, 0.29) is 11.6 Å². The van der Waals surface area contributed by atoms with E-state index in [1.807, 2.05) is 13.1 Å². The number of hydrogen-bond donors (Lipinski definition) is 1. The second-order valence-electron chi connectivity index (χ2n) is 7.11. The van der Waals surface area contributed by atoms with Crippen molar-refractivity contribution in [3.63, 3.8) is 0 Å². The summed E-state index contributed by atoms with van der Waals surface area (Å²) in [4.78, 5) is 10.9. The first kappa shape index (κ1) is 19.6. The molecule has 2 atom stereocenters. The Kier molecular flexibility index (Phi) is 6.32. The Balaban J connectivity index is 2.97. The van der Waals surface area contributed by atoms with Crippen LogP contribution >= 0.6 is 0 Å². The molecule has 0 saturated carbocycles. The summed E-state index contributed by atoms with van der Waals surface area (Å²) in [6.07, 6.45) is -1.29. The molecule has 0 aliphatic heterocycles. The van der Waals surface area contributed by atoms with Crippen LogP contribution in [0, 0.1) is 10.1 Å². The zero-order chi connectivity index (χ0) is 17.8. The molecule has 1 rings (SSSR count). The summed E-state index contributed by atoms with van der Waals surface area (Å²) in [7, 11) is -0.658. The lowest BCUT2D eigenvalue weighted by Gasteiger charge is -2.36. The summed E-state index contributed by atoms with van der Waals surface area (Å²) in [5, 5.41) is 21.8. The van der Waals surface area contributed by atoms with Gasteiger partial charge in [-0.3, -0.25) is 10.1 Å². The molecule has 1 N–H and O–H groups in total. The van der Waals surface area contributed by atoms with Crippen molar-refractivity contribution in [1.29, 1.82) is 0 Å². The molecule has 130 valence electrons. The zero-order valence-electron chi connectivity index (χ0n) is 14.7. The van der Waals surface area contributed by atoms with Crippen molar-refractivity contribution < 1.29 is 19.2 Å². The van der Waals surface area contributed by atoms with Crippen LogP contribution in [0.3, 0.4) is 0 Å². The minimum atomic E-state index is -2.13. The lowest BCUT2D eigenvalue weighted by atomic mass is 10.0.